The van der Waals surface area contributed by atoms with Crippen LogP contribution in [-0.2, 0) is 9.53 Å². The van der Waals surface area contributed by atoms with E-state index in [1.165, 1.54) is 7.11 Å². The fourth-order valence-electron chi connectivity index (χ4n) is 3.68. The standard InChI is InChI=1S/C26H22ClN3O3/c1-15-7-9-19(16(2)26(32)33-3)24-18(15)10-12-23(30-24)25(31)29-17-8-11-21(27)20(14-17)22-6-4-5-13-28-22/h4-14,16H,1-3H3,(H,29,31)/t16-/m1/s1. The Morgan fingerprint density at radius 2 is 1.88 bits per heavy atom. The van der Waals surface area contributed by atoms with Crippen LogP contribution in [0.4, 0.5) is 5.69 Å². The maximum absolute atomic E-state index is 13.0. The molecule has 0 aliphatic heterocycles. The molecule has 0 bridgehead atoms. The number of anilines is 1. The van der Waals surface area contributed by atoms with Gasteiger partial charge in [-0.3, -0.25) is 14.6 Å². The molecule has 166 valence electrons. The number of rotatable bonds is 5. The molecule has 4 rings (SSSR count). The summed E-state index contributed by atoms with van der Waals surface area (Å²) in [5.74, 6) is -1.24. The van der Waals surface area contributed by atoms with Crippen molar-refractivity contribution in [2.45, 2.75) is 19.8 Å². The Labute approximate surface area is 196 Å². The number of hydrogen-bond acceptors (Lipinski definition) is 5. The lowest BCUT2D eigenvalue weighted by Gasteiger charge is -2.14. The number of methoxy groups -OCH3 is 1. The van der Waals surface area contributed by atoms with E-state index >= 15 is 0 Å². The van der Waals surface area contributed by atoms with Crippen LogP contribution in [0.15, 0.2) is 66.9 Å². The first-order chi connectivity index (χ1) is 15.9. The number of aryl methyl sites for hydroxylation is 1. The van der Waals surface area contributed by atoms with Gasteiger partial charge in [-0.25, -0.2) is 4.98 Å². The van der Waals surface area contributed by atoms with Crippen LogP contribution >= 0.6 is 11.6 Å². The quantitative estimate of drug-likeness (QED) is 0.382. The summed E-state index contributed by atoms with van der Waals surface area (Å²) >= 11 is 6.35. The van der Waals surface area contributed by atoms with Gasteiger partial charge in [0.25, 0.3) is 5.91 Å². The van der Waals surface area contributed by atoms with Crippen molar-refractivity contribution in [2.24, 2.45) is 0 Å². The van der Waals surface area contributed by atoms with Gasteiger partial charge in [0.15, 0.2) is 0 Å². The fraction of sp³-hybridized carbons (Fsp3) is 0.154. The van der Waals surface area contributed by atoms with E-state index in [9.17, 15) is 9.59 Å². The normalized spacial score (nSPS) is 11.8. The second-order valence-corrected chi connectivity index (χ2v) is 8.08. The number of nitrogens with one attached hydrogen (secondary N) is 1. The number of carbonyl (C=O) groups excluding carboxylic acids is 2. The zero-order valence-corrected chi connectivity index (χ0v) is 19.2. The molecule has 1 atom stereocenters. The Balaban J connectivity index is 1.69. The third kappa shape index (κ3) is 4.56. The topological polar surface area (TPSA) is 81.2 Å². The van der Waals surface area contributed by atoms with Crippen LogP contribution in [0.5, 0.6) is 0 Å². The van der Waals surface area contributed by atoms with Gasteiger partial charge in [-0.15, -0.1) is 0 Å². The average Bonchev–Trinajstić information content (AvgIpc) is 2.84. The van der Waals surface area contributed by atoms with Crippen LogP contribution in [0.25, 0.3) is 22.2 Å². The first-order valence-electron chi connectivity index (χ1n) is 10.4. The fourth-order valence-corrected chi connectivity index (χ4v) is 3.89. The molecular weight excluding hydrogens is 438 g/mol. The highest BCUT2D eigenvalue weighted by molar-refractivity contribution is 6.33. The second kappa shape index (κ2) is 9.38. The Hall–Kier alpha value is -3.77. The number of fused-ring (bicyclic) bond motifs is 1. The highest BCUT2D eigenvalue weighted by Crippen LogP contribution is 2.30. The molecular formula is C26H22ClN3O3. The van der Waals surface area contributed by atoms with Gasteiger partial charge in [0.2, 0.25) is 0 Å². The van der Waals surface area contributed by atoms with E-state index in [2.05, 4.69) is 15.3 Å². The maximum Gasteiger partial charge on any atom is 0.312 e. The summed E-state index contributed by atoms with van der Waals surface area (Å²) in [4.78, 5) is 34.1. The molecule has 2 aromatic carbocycles. The summed E-state index contributed by atoms with van der Waals surface area (Å²) in [5.41, 5.74) is 4.54. The number of aromatic nitrogens is 2. The Kier molecular flexibility index (Phi) is 6.38. The molecule has 0 aliphatic carbocycles. The zero-order valence-electron chi connectivity index (χ0n) is 18.4. The number of ether oxygens (including phenoxy) is 1. The van der Waals surface area contributed by atoms with Crippen LogP contribution in [0, 0.1) is 6.92 Å². The summed E-state index contributed by atoms with van der Waals surface area (Å²) in [7, 11) is 1.35. The van der Waals surface area contributed by atoms with E-state index in [1.807, 2.05) is 43.3 Å². The van der Waals surface area contributed by atoms with Crippen molar-refractivity contribution in [1.82, 2.24) is 9.97 Å². The van der Waals surface area contributed by atoms with E-state index < -0.39 is 5.92 Å². The minimum absolute atomic E-state index is 0.237. The van der Waals surface area contributed by atoms with Crippen molar-refractivity contribution >= 4 is 40.1 Å². The van der Waals surface area contributed by atoms with Crippen molar-refractivity contribution in [3.05, 3.63) is 88.7 Å². The number of carbonyl (C=O) groups is 2. The maximum atomic E-state index is 13.0. The molecule has 7 heteroatoms. The summed E-state index contributed by atoms with van der Waals surface area (Å²) < 4.78 is 4.90. The van der Waals surface area contributed by atoms with Gasteiger partial charge in [-0.1, -0.05) is 35.9 Å². The summed E-state index contributed by atoms with van der Waals surface area (Å²) in [6.45, 7) is 3.72. The van der Waals surface area contributed by atoms with Crippen LogP contribution < -0.4 is 5.32 Å². The van der Waals surface area contributed by atoms with E-state index in [0.717, 1.165) is 10.9 Å². The summed E-state index contributed by atoms with van der Waals surface area (Å²) in [6, 6.07) is 18.1. The lowest BCUT2D eigenvalue weighted by molar-refractivity contribution is -0.141. The van der Waals surface area contributed by atoms with Gasteiger partial charge in [0.1, 0.15) is 5.69 Å². The minimum atomic E-state index is -0.513. The number of hydrogen-bond donors (Lipinski definition) is 1. The number of amides is 1. The minimum Gasteiger partial charge on any atom is -0.469 e. The second-order valence-electron chi connectivity index (χ2n) is 7.67. The first kappa shape index (κ1) is 22.4. The van der Waals surface area contributed by atoms with Crippen molar-refractivity contribution < 1.29 is 14.3 Å². The molecule has 0 unspecified atom stereocenters. The molecule has 0 radical (unpaired) electrons. The number of esters is 1. The van der Waals surface area contributed by atoms with E-state index in [-0.39, 0.29) is 17.6 Å². The SMILES string of the molecule is COC(=O)[C@H](C)c1ccc(C)c2ccc(C(=O)Nc3ccc(Cl)c(-c4ccccn4)c3)nc12. The van der Waals surface area contributed by atoms with Gasteiger partial charge in [-0.2, -0.15) is 0 Å². The van der Waals surface area contributed by atoms with Crippen LogP contribution in [0.1, 0.15) is 34.5 Å². The first-order valence-corrected chi connectivity index (χ1v) is 10.8. The van der Waals surface area contributed by atoms with Crippen LogP contribution in [-0.4, -0.2) is 29.0 Å². The third-order valence-electron chi connectivity index (χ3n) is 5.53. The summed E-state index contributed by atoms with van der Waals surface area (Å²) in [6.07, 6.45) is 1.69. The average molecular weight is 460 g/mol. The monoisotopic (exact) mass is 459 g/mol. The van der Waals surface area contributed by atoms with Gasteiger partial charge < -0.3 is 10.1 Å². The van der Waals surface area contributed by atoms with E-state index in [4.69, 9.17) is 16.3 Å². The highest BCUT2D eigenvalue weighted by atomic mass is 35.5. The van der Waals surface area contributed by atoms with Gasteiger partial charge >= 0.3 is 5.97 Å². The molecule has 6 nitrogen and oxygen atoms in total. The summed E-state index contributed by atoms with van der Waals surface area (Å²) in [5, 5.41) is 4.29. The Bertz CT molecular complexity index is 1360. The molecule has 2 heterocycles. The van der Waals surface area contributed by atoms with Gasteiger partial charge in [0, 0.05) is 22.8 Å². The smallest absolute Gasteiger partial charge is 0.312 e. The molecule has 0 fully saturated rings. The highest BCUT2D eigenvalue weighted by Gasteiger charge is 2.21. The lowest BCUT2D eigenvalue weighted by Crippen LogP contribution is -2.15. The molecule has 0 aliphatic rings. The zero-order chi connectivity index (χ0) is 23.5. The Morgan fingerprint density at radius 3 is 2.61 bits per heavy atom. The van der Waals surface area contributed by atoms with E-state index in [0.29, 0.717) is 33.0 Å². The van der Waals surface area contributed by atoms with Crippen molar-refractivity contribution in [2.75, 3.05) is 12.4 Å². The van der Waals surface area contributed by atoms with Crippen molar-refractivity contribution in [1.29, 1.82) is 0 Å². The molecule has 1 amide bonds. The number of pyridine rings is 2. The molecule has 33 heavy (non-hydrogen) atoms. The van der Waals surface area contributed by atoms with E-state index in [1.54, 1.807) is 37.4 Å². The van der Waals surface area contributed by atoms with Crippen molar-refractivity contribution in [3.8, 4) is 11.3 Å². The largest absolute Gasteiger partial charge is 0.469 e. The number of benzene rings is 2. The Morgan fingerprint density at radius 1 is 1.06 bits per heavy atom. The molecule has 0 spiro atoms. The van der Waals surface area contributed by atoms with Crippen LogP contribution in [0.3, 0.4) is 0 Å². The third-order valence-corrected chi connectivity index (χ3v) is 5.85. The van der Waals surface area contributed by atoms with Gasteiger partial charge in [0.05, 0.1) is 29.3 Å². The van der Waals surface area contributed by atoms with Crippen molar-refractivity contribution in [3.63, 3.8) is 0 Å². The molecule has 0 saturated carbocycles. The molecule has 2 aromatic heterocycles. The molecule has 1 N–H and O–H groups in total. The predicted molar refractivity (Wildman–Crippen MR) is 130 cm³/mol. The number of nitrogens with zero attached hydrogens (tertiary/aromatic N) is 2. The lowest BCUT2D eigenvalue weighted by atomic mass is 9.95. The number of halogens is 1. The van der Waals surface area contributed by atoms with Gasteiger partial charge in [-0.05, 0) is 61.4 Å². The molecule has 4 aromatic rings. The molecule has 0 saturated heterocycles. The van der Waals surface area contributed by atoms with Crippen LogP contribution in [0.2, 0.25) is 5.02 Å². The predicted octanol–water partition coefficient (Wildman–Crippen LogP) is 5.79.